The number of carbonyl (C=O) groups excluding carboxylic acids is 5. The Morgan fingerprint density at radius 3 is 0.400 bits per heavy atom. The van der Waals surface area contributed by atoms with Gasteiger partial charge in [0.15, 0.2) is 0 Å². The topological polar surface area (TPSA) is 152 Å². The third-order valence-electron chi connectivity index (χ3n) is 22.9. The third kappa shape index (κ3) is 90.8. The van der Waals surface area contributed by atoms with Gasteiger partial charge < -0.3 is 28.8 Å². The van der Waals surface area contributed by atoms with Gasteiger partial charge in [0.05, 0.1) is 6.61 Å². The fourth-order valence-corrected chi connectivity index (χ4v) is 15.3. The quantitative estimate of drug-likeness (QED) is 0.0352. The van der Waals surface area contributed by atoms with E-state index < -0.39 is 5.41 Å². The van der Waals surface area contributed by atoms with Gasteiger partial charge in [0, 0.05) is 32.1 Å². The van der Waals surface area contributed by atoms with E-state index >= 15 is 0 Å². The van der Waals surface area contributed by atoms with E-state index in [1.165, 1.54) is 405 Å². The lowest BCUT2D eigenvalue weighted by atomic mass is 9.92. The first-order valence-electron chi connectivity index (χ1n) is 49.5. The first-order chi connectivity index (χ1) is 54.1. The van der Waals surface area contributed by atoms with Gasteiger partial charge in [-0.05, 0) is 32.1 Å². The largest absolute Gasteiger partial charge is 0.465 e. The highest BCUT2D eigenvalue weighted by Crippen LogP contribution is 2.26. The van der Waals surface area contributed by atoms with Crippen LogP contribution in [-0.2, 0) is 47.7 Å². The van der Waals surface area contributed by atoms with Gasteiger partial charge in [0.1, 0.15) is 38.4 Å². The van der Waals surface area contributed by atoms with Crippen molar-refractivity contribution in [1.29, 1.82) is 0 Å². The molecule has 0 heterocycles. The van der Waals surface area contributed by atoms with E-state index in [2.05, 4.69) is 34.6 Å². The highest BCUT2D eigenvalue weighted by Gasteiger charge is 2.38. The van der Waals surface area contributed by atoms with E-state index in [4.69, 9.17) is 28.8 Å². The van der Waals surface area contributed by atoms with Crippen LogP contribution in [0.15, 0.2) is 0 Å². The molecule has 0 aliphatic rings. The summed E-state index contributed by atoms with van der Waals surface area (Å²) < 4.78 is 28.8. The summed E-state index contributed by atoms with van der Waals surface area (Å²) in [6.07, 6.45) is 99.8. The average Bonchev–Trinajstić information content (AvgIpc) is 0.853. The zero-order chi connectivity index (χ0) is 80.1. The van der Waals surface area contributed by atoms with Crippen LogP contribution in [0.3, 0.4) is 0 Å². The lowest BCUT2D eigenvalue weighted by Crippen LogP contribution is -2.44. The van der Waals surface area contributed by atoms with E-state index in [1.54, 1.807) is 0 Å². The van der Waals surface area contributed by atoms with Gasteiger partial charge in [-0.3, -0.25) is 24.0 Å². The zero-order valence-electron chi connectivity index (χ0n) is 74.8. The second-order valence-electron chi connectivity index (χ2n) is 34.3. The minimum atomic E-state index is -1.20. The highest BCUT2D eigenvalue weighted by atomic mass is 16.6. The molecule has 11 heteroatoms. The van der Waals surface area contributed by atoms with Crippen LogP contribution in [0, 0.1) is 5.41 Å². The minimum Gasteiger partial charge on any atom is -0.465 e. The number of aliphatic hydroxyl groups excluding tert-OH is 1. The summed E-state index contributed by atoms with van der Waals surface area (Å²) in [6.45, 7) is 10.8. The highest BCUT2D eigenvalue weighted by molar-refractivity contribution is 5.71. The predicted molar refractivity (Wildman–Crippen MR) is 471 cm³/mol. The molecule has 0 saturated heterocycles. The van der Waals surface area contributed by atoms with Crippen LogP contribution in [-0.4, -0.2) is 74.6 Å². The smallest absolute Gasteiger partial charge is 0.305 e. The van der Waals surface area contributed by atoms with E-state index in [-0.39, 0.29) is 69.5 Å². The molecule has 0 atom stereocenters. The standard InChI is InChI=1S/C77H148O8.C22H44O3/c1-5-9-13-17-21-25-29-33-37-41-45-49-53-57-61-65-73(78)82-69-77(70-83-74(79)66-62-58-54-50-46-42-38-34-30-26-22-18-14-10-6-2,71-84-75(80)67-63-59-55-51-47-43-39-35-31-27-23-19-15-11-7-3)72-85-76(81)68-64-60-56-52-48-44-40-36-32-28-24-20-16-12-8-4;1-2-3-4-5-6-7-8-9-10-11-12-13-14-15-16-17-18-19-22(24)25-21-20-23/h5-72H2,1-4H3;23H,2-21H2,1H3. The van der Waals surface area contributed by atoms with Crippen LogP contribution < -0.4 is 0 Å². The Bertz CT molecular complexity index is 1630. The molecule has 0 saturated carbocycles. The molecule has 0 unspecified atom stereocenters. The van der Waals surface area contributed by atoms with E-state index in [1.807, 2.05) is 0 Å². The maximum atomic E-state index is 13.4. The fraction of sp³-hybridized carbons (Fsp3) is 0.949. The van der Waals surface area contributed by atoms with Crippen molar-refractivity contribution in [3.63, 3.8) is 0 Å². The van der Waals surface area contributed by atoms with Gasteiger partial charge >= 0.3 is 29.8 Å². The van der Waals surface area contributed by atoms with Crippen molar-refractivity contribution in [3.8, 4) is 0 Å². The zero-order valence-corrected chi connectivity index (χ0v) is 74.8. The van der Waals surface area contributed by atoms with Crippen LogP contribution in [0.25, 0.3) is 0 Å². The molecule has 0 fully saturated rings. The lowest BCUT2D eigenvalue weighted by Gasteiger charge is -2.31. The Balaban J connectivity index is 0. The van der Waals surface area contributed by atoms with Crippen molar-refractivity contribution in [2.75, 3.05) is 39.6 Å². The van der Waals surface area contributed by atoms with Gasteiger partial charge in [0.25, 0.3) is 0 Å². The number of unbranched alkanes of at least 4 members (excludes halogenated alkanes) is 72. The lowest BCUT2D eigenvalue weighted by molar-refractivity contribution is -0.171. The minimum absolute atomic E-state index is 0.0786. The van der Waals surface area contributed by atoms with Crippen LogP contribution >= 0.6 is 0 Å². The number of ether oxygens (including phenoxy) is 5. The van der Waals surface area contributed by atoms with Gasteiger partial charge in [-0.25, -0.2) is 0 Å². The predicted octanol–water partition coefficient (Wildman–Crippen LogP) is 31.8. The average molecular weight is 1560 g/mol. The molecule has 0 aliphatic carbocycles. The SMILES string of the molecule is CCCCCCCCCCCCCCCCCC(=O)OCC(COC(=O)CCCCCCCCCCCCCCCCC)(COC(=O)CCCCCCCCCCCCCCCCC)COC(=O)CCCCCCCCCCCCCCCCC.CCCCCCCCCCCCCCCCCCCC(=O)OCCO. The molecule has 0 amide bonds. The number of hydrogen-bond donors (Lipinski definition) is 1. The number of esters is 5. The van der Waals surface area contributed by atoms with Gasteiger partial charge in [-0.1, -0.05) is 497 Å². The first kappa shape index (κ1) is 109. The van der Waals surface area contributed by atoms with Crippen molar-refractivity contribution >= 4 is 29.8 Å². The molecule has 0 radical (unpaired) electrons. The Morgan fingerprint density at radius 1 is 0.173 bits per heavy atom. The number of carbonyl (C=O) groups is 5. The Labute approximate surface area is 685 Å². The Morgan fingerprint density at radius 2 is 0.282 bits per heavy atom. The normalized spacial score (nSPS) is 11.5. The monoisotopic (exact) mass is 1560 g/mol. The molecule has 110 heavy (non-hydrogen) atoms. The summed E-state index contributed by atoms with van der Waals surface area (Å²) in [7, 11) is 0. The van der Waals surface area contributed by atoms with Gasteiger partial charge in [-0.15, -0.1) is 0 Å². The molecule has 0 aromatic heterocycles. The molecular weight excluding hydrogens is 1370 g/mol. The maximum Gasteiger partial charge on any atom is 0.305 e. The van der Waals surface area contributed by atoms with Crippen molar-refractivity contribution in [2.45, 2.75) is 561 Å². The molecular formula is C99H192O11. The number of hydrogen-bond acceptors (Lipinski definition) is 11. The summed E-state index contributed by atoms with van der Waals surface area (Å²) in [5.41, 5.74) is -1.20. The van der Waals surface area contributed by atoms with Crippen LogP contribution in [0.4, 0.5) is 0 Å². The Kier molecular flexibility index (Phi) is 94.6. The van der Waals surface area contributed by atoms with Crippen LogP contribution in [0.1, 0.15) is 561 Å². The second-order valence-corrected chi connectivity index (χ2v) is 34.3. The number of aliphatic hydroxyl groups is 1. The van der Waals surface area contributed by atoms with Crippen LogP contribution in [0.5, 0.6) is 0 Å². The molecule has 654 valence electrons. The molecule has 0 aliphatic heterocycles. The third-order valence-corrected chi connectivity index (χ3v) is 22.9. The molecule has 0 spiro atoms. The van der Waals surface area contributed by atoms with E-state index in [0.717, 1.165) is 89.9 Å². The fourth-order valence-electron chi connectivity index (χ4n) is 15.3. The molecule has 0 aromatic rings. The van der Waals surface area contributed by atoms with Crippen molar-refractivity contribution in [3.05, 3.63) is 0 Å². The maximum absolute atomic E-state index is 13.4. The van der Waals surface area contributed by atoms with Crippen molar-refractivity contribution in [2.24, 2.45) is 5.41 Å². The van der Waals surface area contributed by atoms with Crippen LogP contribution in [0.2, 0.25) is 0 Å². The summed E-state index contributed by atoms with van der Waals surface area (Å²) >= 11 is 0. The van der Waals surface area contributed by atoms with E-state index in [0.29, 0.717) is 32.1 Å². The second kappa shape index (κ2) is 95.2. The summed E-state index contributed by atoms with van der Waals surface area (Å²) in [4.78, 5) is 64.8. The Hall–Kier alpha value is -2.69. The summed E-state index contributed by atoms with van der Waals surface area (Å²) in [6, 6.07) is 0. The number of rotatable bonds is 92. The summed E-state index contributed by atoms with van der Waals surface area (Å²) in [5, 5.41) is 8.56. The van der Waals surface area contributed by atoms with Gasteiger partial charge in [0.2, 0.25) is 0 Å². The molecule has 0 aromatic carbocycles. The van der Waals surface area contributed by atoms with Crippen molar-refractivity contribution in [1.82, 2.24) is 0 Å². The van der Waals surface area contributed by atoms with E-state index in [9.17, 15) is 24.0 Å². The summed E-state index contributed by atoms with van der Waals surface area (Å²) in [5.74, 6) is -1.46. The molecule has 1 N–H and O–H groups in total. The van der Waals surface area contributed by atoms with Gasteiger partial charge in [-0.2, -0.15) is 0 Å². The van der Waals surface area contributed by atoms with Crippen molar-refractivity contribution < 1.29 is 52.8 Å². The molecule has 0 bridgehead atoms. The molecule has 11 nitrogen and oxygen atoms in total. The molecule has 0 rings (SSSR count). The first-order valence-corrected chi connectivity index (χ1v) is 49.5.